The zero-order valence-corrected chi connectivity index (χ0v) is 17.1. The van der Waals surface area contributed by atoms with Crippen molar-refractivity contribution >= 4 is 57.9 Å². The minimum Gasteiger partial charge on any atom is -0.325 e. The third-order valence-electron chi connectivity index (χ3n) is 3.60. The highest BCUT2D eigenvalue weighted by Gasteiger charge is 2.10. The van der Waals surface area contributed by atoms with Gasteiger partial charge in [-0.3, -0.25) is 4.79 Å². The molecule has 3 nitrogen and oxygen atoms in total. The van der Waals surface area contributed by atoms with Crippen molar-refractivity contribution in [1.82, 2.24) is 4.98 Å². The van der Waals surface area contributed by atoms with Gasteiger partial charge in [0.1, 0.15) is 4.34 Å². The van der Waals surface area contributed by atoms with Gasteiger partial charge >= 0.3 is 0 Å². The van der Waals surface area contributed by atoms with Gasteiger partial charge in [-0.15, -0.1) is 11.3 Å². The molecule has 1 N–H and O–H groups in total. The van der Waals surface area contributed by atoms with E-state index in [-0.39, 0.29) is 12.3 Å². The first-order valence-corrected chi connectivity index (χ1v) is 10.5. The molecule has 0 aliphatic rings. The summed E-state index contributed by atoms with van der Waals surface area (Å²) in [4.78, 5) is 16.8. The molecule has 3 rings (SSSR count). The molecule has 0 saturated carbocycles. The number of thioether (sulfide) groups is 1. The van der Waals surface area contributed by atoms with E-state index in [1.807, 2.05) is 42.6 Å². The quantitative estimate of drug-likeness (QED) is 0.478. The number of carbonyl (C=O) groups is 1. The van der Waals surface area contributed by atoms with E-state index in [1.165, 1.54) is 0 Å². The van der Waals surface area contributed by atoms with Gasteiger partial charge in [0.25, 0.3) is 0 Å². The summed E-state index contributed by atoms with van der Waals surface area (Å²) in [7, 11) is 0. The molecule has 2 aromatic carbocycles. The normalized spacial score (nSPS) is 10.7. The summed E-state index contributed by atoms with van der Waals surface area (Å²) >= 11 is 15.2. The number of aryl methyl sites for hydroxylation is 1. The zero-order valence-electron chi connectivity index (χ0n) is 14.0. The van der Waals surface area contributed by atoms with Crippen LogP contribution in [0.4, 0.5) is 5.69 Å². The van der Waals surface area contributed by atoms with Gasteiger partial charge < -0.3 is 5.32 Å². The molecule has 0 aliphatic carbocycles. The molecule has 26 heavy (non-hydrogen) atoms. The fourth-order valence-electron chi connectivity index (χ4n) is 2.30. The van der Waals surface area contributed by atoms with Crippen molar-refractivity contribution in [3.8, 4) is 0 Å². The number of amides is 1. The smallest absolute Gasteiger partial charge is 0.230 e. The number of halogens is 2. The molecule has 0 unspecified atom stereocenters. The van der Waals surface area contributed by atoms with E-state index in [9.17, 15) is 4.79 Å². The number of hydrogen-bond acceptors (Lipinski definition) is 4. The maximum atomic E-state index is 12.3. The molecule has 3 aromatic rings. The number of aromatic nitrogens is 1. The Morgan fingerprint density at radius 3 is 2.81 bits per heavy atom. The lowest BCUT2D eigenvalue weighted by Gasteiger charge is -2.08. The predicted molar refractivity (Wildman–Crippen MR) is 112 cm³/mol. The number of nitrogens with one attached hydrogen (secondary N) is 1. The molecule has 0 atom stereocenters. The van der Waals surface area contributed by atoms with Crippen LogP contribution in [0.25, 0.3) is 0 Å². The first kappa shape index (κ1) is 19.2. The Kier molecular flexibility index (Phi) is 6.59. The van der Waals surface area contributed by atoms with Crippen LogP contribution >= 0.6 is 46.3 Å². The summed E-state index contributed by atoms with van der Waals surface area (Å²) in [6.45, 7) is 1.93. The third kappa shape index (κ3) is 5.48. The van der Waals surface area contributed by atoms with Gasteiger partial charge in [0.2, 0.25) is 5.91 Å². The maximum absolute atomic E-state index is 12.3. The Hall–Kier alpha value is -1.53. The minimum atomic E-state index is -0.105. The van der Waals surface area contributed by atoms with Crippen LogP contribution in [0.3, 0.4) is 0 Å². The average Bonchev–Trinajstić information content (AvgIpc) is 3.04. The average molecular weight is 423 g/mol. The topological polar surface area (TPSA) is 42.0 Å². The molecule has 0 bridgehead atoms. The summed E-state index contributed by atoms with van der Waals surface area (Å²) < 4.78 is 0.937. The van der Waals surface area contributed by atoms with E-state index in [2.05, 4.69) is 10.3 Å². The highest BCUT2D eigenvalue weighted by atomic mass is 35.5. The molecule has 1 aromatic heterocycles. The van der Waals surface area contributed by atoms with Gasteiger partial charge in [0.05, 0.1) is 12.1 Å². The van der Waals surface area contributed by atoms with Crippen molar-refractivity contribution in [1.29, 1.82) is 0 Å². The first-order valence-electron chi connectivity index (χ1n) is 7.87. The van der Waals surface area contributed by atoms with Gasteiger partial charge in [-0.1, -0.05) is 53.2 Å². The molecule has 0 radical (unpaired) electrons. The number of rotatable bonds is 6. The predicted octanol–water partition coefficient (Wildman–Crippen LogP) is 6.23. The lowest BCUT2D eigenvalue weighted by molar-refractivity contribution is -0.115. The summed E-state index contributed by atoms with van der Waals surface area (Å²) in [6, 6.07) is 13.2. The first-order chi connectivity index (χ1) is 12.5. The van der Waals surface area contributed by atoms with Crippen LogP contribution < -0.4 is 5.32 Å². The second-order valence-electron chi connectivity index (χ2n) is 5.71. The van der Waals surface area contributed by atoms with Crippen LogP contribution in [0.1, 0.15) is 16.8 Å². The van der Waals surface area contributed by atoms with E-state index in [1.54, 1.807) is 35.2 Å². The van der Waals surface area contributed by atoms with E-state index in [0.29, 0.717) is 5.02 Å². The fourth-order valence-corrected chi connectivity index (χ4v) is 4.47. The van der Waals surface area contributed by atoms with Crippen LogP contribution in [0.2, 0.25) is 10.0 Å². The molecule has 0 aliphatic heterocycles. The third-order valence-corrected chi connectivity index (χ3v) is 6.21. The molecular formula is C19H16Cl2N2OS2. The number of carbonyl (C=O) groups excluding carboxylic acids is 1. The second kappa shape index (κ2) is 8.91. The fraction of sp³-hybridized carbons (Fsp3) is 0.158. The molecule has 7 heteroatoms. The van der Waals surface area contributed by atoms with Gasteiger partial charge in [0, 0.05) is 26.9 Å². The number of thiazole rings is 1. The number of nitrogens with zero attached hydrogens (tertiary/aromatic N) is 1. The Morgan fingerprint density at radius 2 is 2.00 bits per heavy atom. The highest BCUT2D eigenvalue weighted by Crippen LogP contribution is 2.27. The molecule has 1 heterocycles. The van der Waals surface area contributed by atoms with Crippen molar-refractivity contribution in [2.45, 2.75) is 23.4 Å². The van der Waals surface area contributed by atoms with Crippen molar-refractivity contribution in [2.24, 2.45) is 0 Å². The largest absolute Gasteiger partial charge is 0.325 e. The molecular weight excluding hydrogens is 407 g/mol. The van der Waals surface area contributed by atoms with E-state index in [0.717, 1.165) is 37.6 Å². The van der Waals surface area contributed by atoms with Crippen LogP contribution in [-0.2, 0) is 17.0 Å². The highest BCUT2D eigenvalue weighted by molar-refractivity contribution is 8.00. The van der Waals surface area contributed by atoms with Crippen LogP contribution in [0.15, 0.2) is 52.2 Å². The lowest BCUT2D eigenvalue weighted by Crippen LogP contribution is -2.15. The summed E-state index contributed by atoms with van der Waals surface area (Å²) in [5.41, 5.74) is 3.61. The minimum absolute atomic E-state index is 0.105. The summed E-state index contributed by atoms with van der Waals surface area (Å²) in [6.07, 6.45) is 0.236. The standard InChI is InChI=1S/C19H16Cl2N2OS2/c1-12-5-6-15(21)8-17(12)23-18(24)9-16-11-26-19(22-16)25-10-13-3-2-4-14(20)7-13/h2-8,11H,9-10H2,1H3,(H,23,24). The van der Waals surface area contributed by atoms with E-state index in [4.69, 9.17) is 23.2 Å². The van der Waals surface area contributed by atoms with Crippen LogP contribution in [-0.4, -0.2) is 10.9 Å². The van der Waals surface area contributed by atoms with Crippen molar-refractivity contribution in [3.63, 3.8) is 0 Å². The lowest BCUT2D eigenvalue weighted by atomic mass is 10.2. The zero-order chi connectivity index (χ0) is 18.5. The van der Waals surface area contributed by atoms with Crippen molar-refractivity contribution in [2.75, 3.05) is 5.32 Å². The van der Waals surface area contributed by atoms with Gasteiger partial charge in [-0.05, 0) is 42.3 Å². The number of benzene rings is 2. The van der Waals surface area contributed by atoms with E-state index >= 15 is 0 Å². The van der Waals surface area contributed by atoms with Crippen LogP contribution in [0.5, 0.6) is 0 Å². The molecule has 0 spiro atoms. The monoisotopic (exact) mass is 422 g/mol. The number of anilines is 1. The Labute approximate surface area is 170 Å². The van der Waals surface area contributed by atoms with Gasteiger partial charge in [0.15, 0.2) is 0 Å². The van der Waals surface area contributed by atoms with Gasteiger partial charge in [-0.25, -0.2) is 4.98 Å². The van der Waals surface area contributed by atoms with Gasteiger partial charge in [-0.2, -0.15) is 0 Å². The number of hydrogen-bond donors (Lipinski definition) is 1. The second-order valence-corrected chi connectivity index (χ2v) is 8.66. The maximum Gasteiger partial charge on any atom is 0.230 e. The molecule has 134 valence electrons. The summed E-state index contributed by atoms with van der Waals surface area (Å²) in [5, 5.41) is 6.14. The van der Waals surface area contributed by atoms with Crippen molar-refractivity contribution < 1.29 is 4.79 Å². The summed E-state index contributed by atoms with van der Waals surface area (Å²) in [5.74, 6) is 0.688. The molecule has 0 fully saturated rings. The van der Waals surface area contributed by atoms with Crippen molar-refractivity contribution in [3.05, 3.63) is 74.7 Å². The molecule has 0 saturated heterocycles. The SMILES string of the molecule is Cc1ccc(Cl)cc1NC(=O)Cc1csc(SCc2cccc(Cl)c2)n1. The Bertz CT molecular complexity index is 927. The Morgan fingerprint density at radius 1 is 1.19 bits per heavy atom. The molecule has 1 amide bonds. The Balaban J connectivity index is 1.56. The van der Waals surface area contributed by atoms with E-state index < -0.39 is 0 Å². The van der Waals surface area contributed by atoms with Crippen LogP contribution in [0, 0.1) is 6.92 Å².